The summed E-state index contributed by atoms with van der Waals surface area (Å²) in [6.45, 7) is 0. The second kappa shape index (κ2) is 3.53. The summed E-state index contributed by atoms with van der Waals surface area (Å²) >= 11 is 3.11. The van der Waals surface area contributed by atoms with Gasteiger partial charge in [-0.1, -0.05) is 15.9 Å². The molecule has 3 nitrogen and oxygen atoms in total. The topological polar surface area (TPSA) is 64.4 Å². The van der Waals surface area contributed by atoms with E-state index in [4.69, 9.17) is 11.5 Å². The monoisotopic (exact) mass is 231 g/mol. The van der Waals surface area contributed by atoms with Crippen LogP contribution in [0.1, 0.15) is 0 Å². The molecule has 64 valence electrons. The second-order valence-corrected chi connectivity index (χ2v) is 3.05. The lowest BCUT2D eigenvalue weighted by atomic mass is 10.3. The number of hydrogen-bond donors (Lipinski definition) is 2. The van der Waals surface area contributed by atoms with Crippen molar-refractivity contribution < 1.29 is 4.39 Å². The number of guanidine groups is 1. The molecular formula is C7H7BrFN3. The number of halogens is 2. The number of aliphatic imine (C=N–C) groups is 1. The first kappa shape index (κ1) is 8.99. The summed E-state index contributed by atoms with van der Waals surface area (Å²) < 4.78 is 13.6. The first-order valence-electron chi connectivity index (χ1n) is 3.14. The molecule has 4 N–H and O–H groups in total. The highest BCUT2D eigenvalue weighted by atomic mass is 79.9. The van der Waals surface area contributed by atoms with E-state index in [1.165, 1.54) is 12.1 Å². The van der Waals surface area contributed by atoms with E-state index in [0.717, 1.165) is 0 Å². The van der Waals surface area contributed by atoms with E-state index in [0.29, 0.717) is 4.47 Å². The van der Waals surface area contributed by atoms with Gasteiger partial charge >= 0.3 is 0 Å². The average Bonchev–Trinajstić information content (AvgIpc) is 1.94. The minimum atomic E-state index is -0.460. The van der Waals surface area contributed by atoms with Gasteiger partial charge in [0.25, 0.3) is 0 Å². The van der Waals surface area contributed by atoms with Crippen LogP contribution in [-0.2, 0) is 0 Å². The molecule has 0 radical (unpaired) electrons. The molecule has 0 fully saturated rings. The zero-order valence-electron chi connectivity index (χ0n) is 6.09. The first-order chi connectivity index (χ1) is 5.59. The van der Waals surface area contributed by atoms with Crippen LogP contribution in [0.25, 0.3) is 0 Å². The molecule has 0 atom stereocenters. The van der Waals surface area contributed by atoms with Gasteiger partial charge in [0.15, 0.2) is 5.96 Å². The van der Waals surface area contributed by atoms with E-state index < -0.39 is 5.82 Å². The lowest BCUT2D eigenvalue weighted by molar-refractivity contribution is 0.629. The van der Waals surface area contributed by atoms with E-state index in [-0.39, 0.29) is 11.6 Å². The summed E-state index contributed by atoms with van der Waals surface area (Å²) in [6.07, 6.45) is 0. The van der Waals surface area contributed by atoms with Gasteiger partial charge in [-0.25, -0.2) is 9.38 Å². The summed E-state index contributed by atoms with van der Waals surface area (Å²) in [5.41, 5.74) is 10.3. The van der Waals surface area contributed by atoms with E-state index in [2.05, 4.69) is 20.9 Å². The summed E-state index contributed by atoms with van der Waals surface area (Å²) in [5, 5.41) is 0. The Labute approximate surface area is 77.4 Å². The largest absolute Gasteiger partial charge is 0.370 e. The first-order valence-corrected chi connectivity index (χ1v) is 3.93. The van der Waals surface area contributed by atoms with Crippen molar-refractivity contribution in [2.45, 2.75) is 0 Å². The Hall–Kier alpha value is -1.10. The van der Waals surface area contributed by atoms with Crippen LogP contribution in [0.5, 0.6) is 0 Å². The molecular weight excluding hydrogens is 225 g/mol. The van der Waals surface area contributed by atoms with Crippen molar-refractivity contribution in [2.24, 2.45) is 16.5 Å². The average molecular weight is 232 g/mol. The molecule has 1 aromatic carbocycles. The number of hydrogen-bond acceptors (Lipinski definition) is 1. The fourth-order valence-electron chi connectivity index (χ4n) is 0.711. The Kier molecular flexibility index (Phi) is 2.65. The van der Waals surface area contributed by atoms with Crippen LogP contribution in [0.3, 0.4) is 0 Å². The quantitative estimate of drug-likeness (QED) is 0.569. The van der Waals surface area contributed by atoms with Gasteiger partial charge in [-0.15, -0.1) is 0 Å². The Morgan fingerprint density at radius 3 is 2.58 bits per heavy atom. The smallest absolute Gasteiger partial charge is 0.191 e. The van der Waals surface area contributed by atoms with Gasteiger partial charge in [0, 0.05) is 4.47 Å². The summed E-state index contributed by atoms with van der Waals surface area (Å²) in [6, 6.07) is 4.44. The van der Waals surface area contributed by atoms with Gasteiger partial charge in [0.1, 0.15) is 11.5 Å². The maximum atomic E-state index is 13.0. The maximum absolute atomic E-state index is 13.0. The maximum Gasteiger partial charge on any atom is 0.191 e. The fourth-order valence-corrected chi connectivity index (χ4v) is 1.04. The molecule has 1 rings (SSSR count). The van der Waals surface area contributed by atoms with Crippen molar-refractivity contribution in [3.8, 4) is 0 Å². The molecule has 0 aromatic heterocycles. The van der Waals surface area contributed by atoms with Crippen LogP contribution in [0, 0.1) is 5.82 Å². The third-order valence-corrected chi connectivity index (χ3v) is 1.65. The van der Waals surface area contributed by atoms with Crippen LogP contribution in [0.4, 0.5) is 10.1 Å². The zero-order valence-corrected chi connectivity index (χ0v) is 7.68. The predicted molar refractivity (Wildman–Crippen MR) is 49.6 cm³/mol. The van der Waals surface area contributed by atoms with Gasteiger partial charge in [0.2, 0.25) is 0 Å². The van der Waals surface area contributed by atoms with Gasteiger partial charge < -0.3 is 11.5 Å². The Morgan fingerprint density at radius 2 is 2.08 bits per heavy atom. The highest BCUT2D eigenvalue weighted by Crippen LogP contribution is 2.21. The van der Waals surface area contributed by atoms with Crippen molar-refractivity contribution in [1.82, 2.24) is 0 Å². The third-order valence-electron chi connectivity index (χ3n) is 1.16. The van der Waals surface area contributed by atoms with Gasteiger partial charge in [-0.3, -0.25) is 0 Å². The lowest BCUT2D eigenvalue weighted by Crippen LogP contribution is -2.22. The number of nitrogens with zero attached hydrogens (tertiary/aromatic N) is 1. The van der Waals surface area contributed by atoms with Crippen molar-refractivity contribution in [2.75, 3.05) is 0 Å². The van der Waals surface area contributed by atoms with E-state index >= 15 is 0 Å². The van der Waals surface area contributed by atoms with E-state index in [1.54, 1.807) is 6.07 Å². The number of benzene rings is 1. The SMILES string of the molecule is NC(N)=Nc1ccc(Br)cc1F. The van der Waals surface area contributed by atoms with Crippen molar-refractivity contribution in [3.63, 3.8) is 0 Å². The molecule has 0 aliphatic heterocycles. The predicted octanol–water partition coefficient (Wildman–Crippen LogP) is 1.49. The standard InChI is InChI=1S/C7H7BrFN3/c8-4-1-2-6(5(9)3-4)12-7(10)11/h1-3H,(H4,10,11,12). The third kappa shape index (κ3) is 2.20. The molecule has 12 heavy (non-hydrogen) atoms. The normalized spacial score (nSPS) is 9.50. The molecule has 1 aromatic rings. The molecule has 0 aliphatic carbocycles. The van der Waals surface area contributed by atoms with Gasteiger partial charge in [0.05, 0.1) is 0 Å². The fraction of sp³-hybridized carbons (Fsp3) is 0. The van der Waals surface area contributed by atoms with Crippen LogP contribution < -0.4 is 11.5 Å². The van der Waals surface area contributed by atoms with Crippen LogP contribution in [0.2, 0.25) is 0 Å². The Morgan fingerprint density at radius 1 is 1.42 bits per heavy atom. The van der Waals surface area contributed by atoms with Crippen molar-refractivity contribution in [1.29, 1.82) is 0 Å². The van der Waals surface area contributed by atoms with Crippen molar-refractivity contribution >= 4 is 27.6 Å². The van der Waals surface area contributed by atoms with Crippen LogP contribution in [-0.4, -0.2) is 5.96 Å². The Bertz CT molecular complexity index is 320. The molecule has 0 saturated carbocycles. The number of rotatable bonds is 1. The lowest BCUT2D eigenvalue weighted by Gasteiger charge is -1.97. The molecule has 5 heteroatoms. The minimum absolute atomic E-state index is 0.137. The minimum Gasteiger partial charge on any atom is -0.370 e. The van der Waals surface area contributed by atoms with Gasteiger partial charge in [-0.05, 0) is 18.2 Å². The highest BCUT2D eigenvalue weighted by Gasteiger charge is 2.00. The van der Waals surface area contributed by atoms with Crippen LogP contribution >= 0.6 is 15.9 Å². The molecule has 0 heterocycles. The molecule has 0 unspecified atom stereocenters. The van der Waals surface area contributed by atoms with E-state index in [9.17, 15) is 4.39 Å². The van der Waals surface area contributed by atoms with Crippen molar-refractivity contribution in [3.05, 3.63) is 28.5 Å². The summed E-state index contributed by atoms with van der Waals surface area (Å²) in [4.78, 5) is 3.58. The van der Waals surface area contributed by atoms with Crippen LogP contribution in [0.15, 0.2) is 27.7 Å². The molecule has 0 aliphatic rings. The Balaban J connectivity index is 3.10. The second-order valence-electron chi connectivity index (χ2n) is 2.13. The zero-order chi connectivity index (χ0) is 9.14. The highest BCUT2D eigenvalue weighted by molar-refractivity contribution is 9.10. The summed E-state index contributed by atoms with van der Waals surface area (Å²) in [7, 11) is 0. The molecule has 0 amide bonds. The molecule has 0 spiro atoms. The van der Waals surface area contributed by atoms with Gasteiger partial charge in [-0.2, -0.15) is 0 Å². The molecule has 0 bridgehead atoms. The number of nitrogens with two attached hydrogens (primary N) is 2. The molecule has 0 saturated heterocycles. The summed E-state index contributed by atoms with van der Waals surface area (Å²) in [5.74, 6) is -0.617. The van der Waals surface area contributed by atoms with E-state index in [1.807, 2.05) is 0 Å².